The number of carbonyl (C=O) groups is 3. The summed E-state index contributed by atoms with van der Waals surface area (Å²) < 4.78 is 32.1. The average Bonchev–Trinajstić information content (AvgIpc) is 2.92. The number of esters is 1. The Labute approximate surface area is 175 Å². The molecule has 9 heteroatoms. The van der Waals surface area contributed by atoms with Gasteiger partial charge in [-0.05, 0) is 18.1 Å². The minimum absolute atomic E-state index is 0.0146. The second-order valence-electron chi connectivity index (χ2n) is 6.93. The van der Waals surface area contributed by atoms with Crippen LogP contribution in [0.2, 0.25) is 0 Å². The van der Waals surface area contributed by atoms with Crippen molar-refractivity contribution in [1.82, 2.24) is 8.61 Å². The van der Waals surface area contributed by atoms with Crippen molar-refractivity contribution in [1.29, 1.82) is 0 Å². The van der Waals surface area contributed by atoms with Gasteiger partial charge in [0.15, 0.2) is 0 Å². The Kier molecular flexibility index (Phi) is 6.21. The maximum atomic E-state index is 13.0. The molecule has 2 aromatic rings. The maximum absolute atomic E-state index is 13.0. The number of hydrogen-bond donors (Lipinski definition) is 0. The van der Waals surface area contributed by atoms with E-state index in [2.05, 4.69) is 0 Å². The topological polar surface area (TPSA) is 101 Å². The smallest absolute Gasteiger partial charge is 0.332 e. The molecule has 2 amide bonds. The highest BCUT2D eigenvalue weighted by molar-refractivity contribution is 7.88. The summed E-state index contributed by atoms with van der Waals surface area (Å²) in [6.07, 6.45) is 0.0146. The lowest BCUT2D eigenvalue weighted by molar-refractivity contribution is -0.152. The quantitative estimate of drug-likeness (QED) is 0.646. The molecule has 0 bridgehead atoms. The normalized spacial score (nSPS) is 18.9. The molecular weight excluding hydrogens is 408 g/mol. The Hall–Kier alpha value is -3.20. The molecule has 0 saturated carbocycles. The number of carbonyl (C=O) groups excluding carboxylic acids is 3. The summed E-state index contributed by atoms with van der Waals surface area (Å²) in [6, 6.07) is 15.0. The van der Waals surface area contributed by atoms with Gasteiger partial charge in [-0.2, -0.15) is 8.42 Å². The van der Waals surface area contributed by atoms with Gasteiger partial charge >= 0.3 is 16.2 Å². The van der Waals surface area contributed by atoms with Gasteiger partial charge in [0.2, 0.25) is 5.91 Å². The SMILES string of the molecule is CC(=O)N1[C@@H](Cc2ccccc2)C(=O)N(C(C)C(=O)OCc2ccccc2)S1(=O)=O. The molecule has 30 heavy (non-hydrogen) atoms. The van der Waals surface area contributed by atoms with E-state index in [4.69, 9.17) is 4.74 Å². The first-order valence-corrected chi connectivity index (χ1v) is 10.8. The average molecular weight is 430 g/mol. The lowest BCUT2D eigenvalue weighted by Gasteiger charge is -2.22. The van der Waals surface area contributed by atoms with Gasteiger partial charge in [0.1, 0.15) is 18.7 Å². The molecule has 1 heterocycles. The molecule has 1 aliphatic rings. The number of ether oxygens (including phenoxy) is 1. The van der Waals surface area contributed by atoms with Crippen LogP contribution in [0.15, 0.2) is 60.7 Å². The Morgan fingerprint density at radius 3 is 2.07 bits per heavy atom. The molecule has 8 nitrogen and oxygen atoms in total. The third-order valence-corrected chi connectivity index (χ3v) is 6.78. The van der Waals surface area contributed by atoms with E-state index >= 15 is 0 Å². The molecule has 1 saturated heterocycles. The van der Waals surface area contributed by atoms with Crippen LogP contribution in [0, 0.1) is 0 Å². The molecule has 0 spiro atoms. The number of benzene rings is 2. The highest BCUT2D eigenvalue weighted by atomic mass is 32.2. The van der Waals surface area contributed by atoms with Crippen molar-refractivity contribution in [3.05, 3.63) is 71.8 Å². The molecule has 2 atom stereocenters. The summed E-state index contributed by atoms with van der Waals surface area (Å²) >= 11 is 0. The molecule has 1 fully saturated rings. The van der Waals surface area contributed by atoms with Crippen LogP contribution in [-0.4, -0.2) is 46.9 Å². The van der Waals surface area contributed by atoms with E-state index in [0.29, 0.717) is 14.2 Å². The molecular formula is C21H22N2O6S. The zero-order chi connectivity index (χ0) is 21.9. The van der Waals surface area contributed by atoms with E-state index < -0.39 is 40.1 Å². The lowest BCUT2D eigenvalue weighted by Crippen LogP contribution is -2.45. The predicted molar refractivity (Wildman–Crippen MR) is 108 cm³/mol. The van der Waals surface area contributed by atoms with Crippen LogP contribution in [0.25, 0.3) is 0 Å². The minimum Gasteiger partial charge on any atom is -0.459 e. The molecule has 0 aromatic heterocycles. The predicted octanol–water partition coefficient (Wildman–Crippen LogP) is 1.67. The van der Waals surface area contributed by atoms with Crippen molar-refractivity contribution in [2.24, 2.45) is 0 Å². The van der Waals surface area contributed by atoms with Crippen LogP contribution in [-0.2, 0) is 42.4 Å². The van der Waals surface area contributed by atoms with Crippen LogP contribution < -0.4 is 0 Å². The van der Waals surface area contributed by atoms with Crippen LogP contribution in [0.4, 0.5) is 0 Å². The Balaban J connectivity index is 1.83. The molecule has 2 aromatic carbocycles. The first-order valence-electron chi connectivity index (χ1n) is 9.36. The van der Waals surface area contributed by atoms with Gasteiger partial charge < -0.3 is 4.74 Å². The van der Waals surface area contributed by atoms with Crippen LogP contribution in [0.5, 0.6) is 0 Å². The van der Waals surface area contributed by atoms with Gasteiger partial charge in [0.05, 0.1) is 0 Å². The van der Waals surface area contributed by atoms with Crippen molar-refractivity contribution in [2.75, 3.05) is 0 Å². The first-order chi connectivity index (χ1) is 14.2. The van der Waals surface area contributed by atoms with Gasteiger partial charge in [-0.15, -0.1) is 0 Å². The fourth-order valence-corrected chi connectivity index (χ4v) is 5.18. The van der Waals surface area contributed by atoms with Crippen LogP contribution >= 0.6 is 0 Å². The second kappa shape index (κ2) is 8.66. The third-order valence-electron chi connectivity index (χ3n) is 4.78. The summed E-state index contributed by atoms with van der Waals surface area (Å²) in [6.45, 7) is 2.28. The van der Waals surface area contributed by atoms with E-state index in [1.807, 2.05) is 6.07 Å². The fourth-order valence-electron chi connectivity index (χ4n) is 3.34. The highest BCUT2D eigenvalue weighted by Gasteiger charge is 2.55. The molecule has 0 aliphatic carbocycles. The second-order valence-corrected chi connectivity index (χ2v) is 8.61. The number of amides is 2. The van der Waals surface area contributed by atoms with Crippen molar-refractivity contribution < 1.29 is 27.5 Å². The van der Waals surface area contributed by atoms with Crippen molar-refractivity contribution in [3.8, 4) is 0 Å². The zero-order valence-corrected chi connectivity index (χ0v) is 17.4. The maximum Gasteiger partial charge on any atom is 0.332 e. The standard InChI is InChI=1S/C21H22N2O6S/c1-15(21(26)29-14-18-11-7-4-8-12-18)22-20(25)19(13-17-9-5-3-6-10-17)23(16(2)24)30(22,27)28/h3-12,15,19H,13-14H2,1-2H3/t15?,19-/m0/s1. The minimum atomic E-state index is -4.51. The summed E-state index contributed by atoms with van der Waals surface area (Å²) in [5, 5.41) is 0. The summed E-state index contributed by atoms with van der Waals surface area (Å²) in [4.78, 5) is 37.6. The zero-order valence-electron chi connectivity index (χ0n) is 16.6. The fraction of sp³-hybridized carbons (Fsp3) is 0.286. The number of hydrogen-bond acceptors (Lipinski definition) is 6. The van der Waals surface area contributed by atoms with E-state index in [1.54, 1.807) is 54.6 Å². The lowest BCUT2D eigenvalue weighted by atomic mass is 10.0. The van der Waals surface area contributed by atoms with E-state index in [9.17, 15) is 22.8 Å². The Bertz CT molecular complexity index is 1040. The van der Waals surface area contributed by atoms with Gasteiger partial charge in [-0.3, -0.25) is 9.59 Å². The van der Waals surface area contributed by atoms with Crippen LogP contribution in [0.1, 0.15) is 25.0 Å². The van der Waals surface area contributed by atoms with Gasteiger partial charge in [0.25, 0.3) is 5.91 Å². The Morgan fingerprint density at radius 2 is 1.53 bits per heavy atom. The molecule has 1 unspecified atom stereocenters. The van der Waals surface area contributed by atoms with E-state index in [-0.39, 0.29) is 13.0 Å². The highest BCUT2D eigenvalue weighted by Crippen LogP contribution is 2.29. The third kappa shape index (κ3) is 4.20. The molecule has 1 aliphatic heterocycles. The molecule has 0 radical (unpaired) electrons. The monoisotopic (exact) mass is 430 g/mol. The largest absolute Gasteiger partial charge is 0.459 e. The summed E-state index contributed by atoms with van der Waals surface area (Å²) in [5.74, 6) is -2.51. The molecule has 158 valence electrons. The van der Waals surface area contributed by atoms with Crippen molar-refractivity contribution in [3.63, 3.8) is 0 Å². The number of nitrogens with zero attached hydrogens (tertiary/aromatic N) is 2. The van der Waals surface area contributed by atoms with Crippen LogP contribution in [0.3, 0.4) is 0 Å². The number of rotatable bonds is 6. The summed E-state index contributed by atoms with van der Waals surface area (Å²) in [5.41, 5.74) is 1.42. The molecule has 0 N–H and O–H groups in total. The van der Waals surface area contributed by atoms with Gasteiger partial charge in [-0.1, -0.05) is 60.7 Å². The molecule has 3 rings (SSSR count). The van der Waals surface area contributed by atoms with E-state index in [1.165, 1.54) is 6.92 Å². The Morgan fingerprint density at radius 1 is 1.00 bits per heavy atom. The van der Waals surface area contributed by atoms with Gasteiger partial charge in [-0.25, -0.2) is 13.4 Å². The van der Waals surface area contributed by atoms with Crippen molar-refractivity contribution >= 4 is 28.0 Å². The first kappa shape index (κ1) is 21.5. The van der Waals surface area contributed by atoms with Crippen molar-refractivity contribution in [2.45, 2.75) is 39.0 Å². The van der Waals surface area contributed by atoms with E-state index in [0.717, 1.165) is 12.5 Å². The summed E-state index contributed by atoms with van der Waals surface area (Å²) in [7, 11) is -4.51. The van der Waals surface area contributed by atoms with Gasteiger partial charge in [0, 0.05) is 13.3 Å².